The van der Waals surface area contributed by atoms with Gasteiger partial charge in [-0.3, -0.25) is 0 Å². The second kappa shape index (κ2) is 7.79. The molecule has 4 rings (SSSR count). The van der Waals surface area contributed by atoms with E-state index >= 15 is 0 Å². The third-order valence-electron chi connectivity index (χ3n) is 10.6. The maximum atomic E-state index is 14.4. The molecule has 31 heavy (non-hydrogen) atoms. The fourth-order valence-corrected chi connectivity index (χ4v) is 8.53. The van der Waals surface area contributed by atoms with Gasteiger partial charge in [0.15, 0.2) is 0 Å². The van der Waals surface area contributed by atoms with Crippen LogP contribution in [0.25, 0.3) is 0 Å². The first-order chi connectivity index (χ1) is 14.3. The SMILES string of the molecule is C[C@H](CCC(F)(F)C(C)(C)O)[C@H]1CC[C@H]2[C@@H]3CC=C4C[C@@H](O)CC[C@]4(C)[C@H]3CC[C@]12C. The van der Waals surface area contributed by atoms with Crippen molar-refractivity contribution in [3.63, 3.8) is 0 Å². The van der Waals surface area contributed by atoms with Crippen molar-refractivity contribution in [2.24, 2.45) is 40.4 Å². The van der Waals surface area contributed by atoms with Gasteiger partial charge in [0.05, 0.1) is 6.10 Å². The van der Waals surface area contributed by atoms with E-state index in [-0.39, 0.29) is 29.3 Å². The van der Waals surface area contributed by atoms with Gasteiger partial charge >= 0.3 is 0 Å². The molecule has 0 spiro atoms. The number of hydrogen-bond donors (Lipinski definition) is 2. The minimum absolute atomic E-state index is 0.163. The summed E-state index contributed by atoms with van der Waals surface area (Å²) in [5.74, 6) is -0.167. The summed E-state index contributed by atoms with van der Waals surface area (Å²) in [6.07, 6.45) is 11.4. The predicted molar refractivity (Wildman–Crippen MR) is 121 cm³/mol. The fourth-order valence-electron chi connectivity index (χ4n) is 8.53. The van der Waals surface area contributed by atoms with Gasteiger partial charge < -0.3 is 10.2 Å². The van der Waals surface area contributed by atoms with Gasteiger partial charge in [0, 0.05) is 6.42 Å². The average molecular weight is 439 g/mol. The van der Waals surface area contributed by atoms with Gasteiger partial charge in [0.25, 0.3) is 5.92 Å². The molecule has 0 heterocycles. The van der Waals surface area contributed by atoms with Crippen LogP contribution in [0.4, 0.5) is 8.78 Å². The van der Waals surface area contributed by atoms with Crippen molar-refractivity contribution >= 4 is 0 Å². The number of hydrogen-bond acceptors (Lipinski definition) is 2. The van der Waals surface area contributed by atoms with Crippen LogP contribution in [0.1, 0.15) is 98.8 Å². The molecule has 0 aromatic carbocycles. The van der Waals surface area contributed by atoms with Crippen molar-refractivity contribution < 1.29 is 19.0 Å². The standard InChI is InChI=1S/C27H44F2O2/c1-17(10-15-27(28,29)24(2,3)31)21-8-9-22-20-7-6-18-16-19(30)11-13-25(18,4)23(20)12-14-26(21,22)5/h6,17,19-23,30-31H,7-16H2,1-5H3/t17-,19+,20+,21-,22+,23+,25+,26-/m1/s1. The number of alkyl halides is 2. The van der Waals surface area contributed by atoms with Crippen LogP contribution in [0.2, 0.25) is 0 Å². The minimum atomic E-state index is -3.04. The zero-order chi connectivity index (χ0) is 22.8. The van der Waals surface area contributed by atoms with Crippen LogP contribution in [0.3, 0.4) is 0 Å². The lowest BCUT2D eigenvalue weighted by Gasteiger charge is -2.58. The smallest absolute Gasteiger partial charge is 0.275 e. The Morgan fingerprint density at radius 1 is 1.10 bits per heavy atom. The van der Waals surface area contributed by atoms with Crippen LogP contribution in [-0.4, -0.2) is 27.8 Å². The van der Waals surface area contributed by atoms with Crippen molar-refractivity contribution in [1.82, 2.24) is 0 Å². The molecule has 4 aliphatic rings. The molecule has 0 aliphatic heterocycles. The molecule has 0 aromatic heterocycles. The summed E-state index contributed by atoms with van der Waals surface area (Å²) in [6, 6.07) is 0. The zero-order valence-corrected chi connectivity index (χ0v) is 20.3. The van der Waals surface area contributed by atoms with E-state index in [1.807, 2.05) is 0 Å². The summed E-state index contributed by atoms with van der Waals surface area (Å²) in [4.78, 5) is 0. The molecule has 178 valence electrons. The first kappa shape index (κ1) is 23.7. The van der Waals surface area contributed by atoms with Gasteiger partial charge in [-0.15, -0.1) is 0 Å². The van der Waals surface area contributed by atoms with Crippen LogP contribution in [0, 0.1) is 40.4 Å². The molecular formula is C27H44F2O2. The van der Waals surface area contributed by atoms with Crippen LogP contribution >= 0.6 is 0 Å². The summed E-state index contributed by atoms with van der Waals surface area (Å²) in [7, 11) is 0. The quantitative estimate of drug-likeness (QED) is 0.466. The Bertz CT molecular complexity index is 711. The zero-order valence-electron chi connectivity index (χ0n) is 20.3. The third-order valence-corrected chi connectivity index (χ3v) is 10.6. The van der Waals surface area contributed by atoms with Crippen molar-refractivity contribution in [2.75, 3.05) is 0 Å². The van der Waals surface area contributed by atoms with Gasteiger partial charge in [-0.2, -0.15) is 0 Å². The number of aliphatic hydroxyl groups excluding tert-OH is 1. The molecule has 2 N–H and O–H groups in total. The summed E-state index contributed by atoms with van der Waals surface area (Å²) < 4.78 is 28.8. The third kappa shape index (κ3) is 3.82. The molecule has 8 atom stereocenters. The fraction of sp³-hybridized carbons (Fsp3) is 0.926. The van der Waals surface area contributed by atoms with E-state index in [1.165, 1.54) is 38.7 Å². The van der Waals surface area contributed by atoms with E-state index in [0.29, 0.717) is 30.1 Å². The molecule has 0 bridgehead atoms. The lowest BCUT2D eigenvalue weighted by atomic mass is 9.47. The Kier molecular flexibility index (Phi) is 5.95. The van der Waals surface area contributed by atoms with Crippen LogP contribution < -0.4 is 0 Å². The molecule has 0 radical (unpaired) electrons. The molecule has 0 saturated heterocycles. The number of aliphatic hydroxyl groups is 2. The highest BCUT2D eigenvalue weighted by atomic mass is 19.3. The molecule has 0 amide bonds. The maximum absolute atomic E-state index is 14.4. The minimum Gasteiger partial charge on any atom is -0.393 e. The molecule has 4 heteroatoms. The Balaban J connectivity index is 1.48. The highest BCUT2D eigenvalue weighted by molar-refractivity contribution is 5.25. The van der Waals surface area contributed by atoms with Gasteiger partial charge in [-0.1, -0.05) is 32.4 Å². The first-order valence-electron chi connectivity index (χ1n) is 12.8. The molecule has 3 saturated carbocycles. The summed E-state index contributed by atoms with van der Waals surface area (Å²) in [5, 5.41) is 20.0. The lowest BCUT2D eigenvalue weighted by molar-refractivity contribution is -0.168. The van der Waals surface area contributed by atoms with Crippen molar-refractivity contribution in [1.29, 1.82) is 0 Å². The van der Waals surface area contributed by atoms with E-state index in [4.69, 9.17) is 0 Å². The molecule has 0 aromatic rings. The second-order valence-corrected chi connectivity index (χ2v) is 12.7. The molecule has 0 unspecified atom stereocenters. The monoisotopic (exact) mass is 438 g/mol. The van der Waals surface area contributed by atoms with Crippen molar-refractivity contribution in [3.8, 4) is 0 Å². The van der Waals surface area contributed by atoms with E-state index in [9.17, 15) is 19.0 Å². The number of halogens is 2. The Hall–Kier alpha value is -0.480. The van der Waals surface area contributed by atoms with E-state index in [0.717, 1.165) is 32.1 Å². The maximum Gasteiger partial charge on any atom is 0.275 e. The van der Waals surface area contributed by atoms with E-state index < -0.39 is 11.5 Å². The van der Waals surface area contributed by atoms with Gasteiger partial charge in [-0.25, -0.2) is 8.78 Å². The van der Waals surface area contributed by atoms with E-state index in [2.05, 4.69) is 26.8 Å². The topological polar surface area (TPSA) is 40.5 Å². The largest absolute Gasteiger partial charge is 0.393 e. The van der Waals surface area contributed by atoms with Crippen LogP contribution in [-0.2, 0) is 0 Å². The Morgan fingerprint density at radius 2 is 1.81 bits per heavy atom. The van der Waals surface area contributed by atoms with Crippen molar-refractivity contribution in [3.05, 3.63) is 11.6 Å². The second-order valence-electron chi connectivity index (χ2n) is 12.7. The normalized spacial score (nSPS) is 44.2. The highest BCUT2D eigenvalue weighted by Crippen LogP contribution is 2.67. The molecular weight excluding hydrogens is 394 g/mol. The summed E-state index contributed by atoms with van der Waals surface area (Å²) in [5.41, 5.74) is 0.0534. The molecule has 3 fully saturated rings. The van der Waals surface area contributed by atoms with Gasteiger partial charge in [0.1, 0.15) is 5.60 Å². The first-order valence-corrected chi connectivity index (χ1v) is 12.8. The molecule has 4 aliphatic carbocycles. The van der Waals surface area contributed by atoms with Crippen LogP contribution in [0.5, 0.6) is 0 Å². The van der Waals surface area contributed by atoms with Gasteiger partial charge in [0.2, 0.25) is 0 Å². The van der Waals surface area contributed by atoms with E-state index in [1.54, 1.807) is 0 Å². The predicted octanol–water partition coefficient (Wildman–Crippen LogP) is 6.75. The number of rotatable bonds is 5. The van der Waals surface area contributed by atoms with Crippen molar-refractivity contribution in [2.45, 2.75) is 116 Å². The summed E-state index contributed by atoms with van der Waals surface area (Å²) in [6.45, 7) is 9.54. The molecule has 2 nitrogen and oxygen atoms in total. The van der Waals surface area contributed by atoms with Crippen LogP contribution in [0.15, 0.2) is 11.6 Å². The Morgan fingerprint density at radius 3 is 2.48 bits per heavy atom. The lowest BCUT2D eigenvalue weighted by Crippen LogP contribution is -2.51. The average Bonchev–Trinajstić information content (AvgIpc) is 3.03. The number of fused-ring (bicyclic) bond motifs is 5. The Labute approximate surface area is 187 Å². The highest BCUT2D eigenvalue weighted by Gasteiger charge is 2.59. The summed E-state index contributed by atoms with van der Waals surface area (Å²) >= 11 is 0. The number of allylic oxidation sites excluding steroid dienone is 1. The van der Waals surface area contributed by atoms with Gasteiger partial charge in [-0.05, 0) is 112 Å².